The third-order valence-electron chi connectivity index (χ3n) is 4.68. The molecule has 138 valence electrons. The summed E-state index contributed by atoms with van der Waals surface area (Å²) in [5.41, 5.74) is -1.32. The number of aliphatic hydroxyl groups is 1. The first-order chi connectivity index (χ1) is 12.3. The van der Waals surface area contributed by atoms with Gasteiger partial charge in [0.15, 0.2) is 0 Å². The monoisotopic (exact) mass is 364 g/mol. The molecule has 0 radical (unpaired) electrons. The third-order valence-corrected chi connectivity index (χ3v) is 4.68. The van der Waals surface area contributed by atoms with E-state index in [9.17, 15) is 23.1 Å². The van der Waals surface area contributed by atoms with Crippen molar-refractivity contribution >= 4 is 5.91 Å². The quantitative estimate of drug-likeness (QED) is 0.785. The first-order valence-electron chi connectivity index (χ1n) is 8.27. The fraction of sp³-hybridized carbons (Fsp3) is 0.316. The average Bonchev–Trinajstić information content (AvgIpc) is 2.64. The predicted molar refractivity (Wildman–Crippen MR) is 90.5 cm³/mol. The molecule has 3 N–H and O–H groups in total. The van der Waals surface area contributed by atoms with E-state index in [-0.39, 0.29) is 12.1 Å². The maximum atomic E-state index is 12.9. The smallest absolute Gasteiger partial charge is 0.389 e. The van der Waals surface area contributed by atoms with Crippen LogP contribution in [0.2, 0.25) is 0 Å². The van der Waals surface area contributed by atoms with E-state index in [4.69, 9.17) is 0 Å². The lowest BCUT2D eigenvalue weighted by molar-refractivity contribution is -0.137. The third kappa shape index (κ3) is 3.59. The zero-order valence-electron chi connectivity index (χ0n) is 13.9. The SMILES string of the molecule is O=C(N[C@]1(c2ccccc2)CCNC[C@H]1O)c1cccc(C(F)(F)F)c1. The van der Waals surface area contributed by atoms with Crippen molar-refractivity contribution in [1.82, 2.24) is 10.6 Å². The van der Waals surface area contributed by atoms with Crippen LogP contribution in [-0.2, 0) is 11.7 Å². The van der Waals surface area contributed by atoms with Crippen molar-refractivity contribution in [2.75, 3.05) is 13.1 Å². The lowest BCUT2D eigenvalue weighted by atomic mass is 9.79. The number of aliphatic hydroxyl groups excluding tert-OH is 1. The summed E-state index contributed by atoms with van der Waals surface area (Å²) < 4.78 is 38.7. The number of carbonyl (C=O) groups excluding carboxylic acids is 1. The number of hydrogen-bond donors (Lipinski definition) is 3. The van der Waals surface area contributed by atoms with Gasteiger partial charge in [-0.3, -0.25) is 4.79 Å². The molecular formula is C19H19F3N2O2. The van der Waals surface area contributed by atoms with E-state index in [1.807, 2.05) is 6.07 Å². The maximum Gasteiger partial charge on any atom is 0.416 e. The van der Waals surface area contributed by atoms with Crippen LogP contribution in [0.15, 0.2) is 54.6 Å². The minimum Gasteiger partial charge on any atom is -0.389 e. The minimum absolute atomic E-state index is 0.0964. The van der Waals surface area contributed by atoms with Gasteiger partial charge in [-0.2, -0.15) is 13.2 Å². The number of hydrogen-bond acceptors (Lipinski definition) is 3. The average molecular weight is 364 g/mol. The Morgan fingerprint density at radius 2 is 1.88 bits per heavy atom. The molecule has 0 unspecified atom stereocenters. The van der Waals surface area contributed by atoms with Crippen LogP contribution in [0.25, 0.3) is 0 Å². The van der Waals surface area contributed by atoms with Gasteiger partial charge in [0.2, 0.25) is 0 Å². The molecular weight excluding hydrogens is 345 g/mol. The summed E-state index contributed by atoms with van der Waals surface area (Å²) in [6.07, 6.45) is -5.02. The lowest BCUT2D eigenvalue weighted by Crippen LogP contribution is -2.61. The summed E-state index contributed by atoms with van der Waals surface area (Å²) in [5.74, 6) is -0.652. The Morgan fingerprint density at radius 1 is 1.15 bits per heavy atom. The molecule has 1 heterocycles. The van der Waals surface area contributed by atoms with E-state index in [0.29, 0.717) is 18.5 Å². The molecule has 0 aromatic heterocycles. The molecule has 2 aromatic rings. The van der Waals surface area contributed by atoms with Gasteiger partial charge in [-0.1, -0.05) is 36.4 Å². The Kier molecular flexibility index (Phi) is 5.02. The number of rotatable bonds is 3. The molecule has 1 fully saturated rings. The summed E-state index contributed by atoms with van der Waals surface area (Å²) in [6, 6.07) is 13.3. The number of piperidine rings is 1. The van der Waals surface area contributed by atoms with Crippen LogP contribution in [0.3, 0.4) is 0 Å². The predicted octanol–water partition coefficient (Wildman–Crippen LogP) is 2.68. The van der Waals surface area contributed by atoms with Crippen molar-refractivity contribution in [3.05, 3.63) is 71.3 Å². The van der Waals surface area contributed by atoms with E-state index in [2.05, 4.69) is 10.6 Å². The summed E-state index contributed by atoms with van der Waals surface area (Å²) in [6.45, 7) is 0.840. The highest BCUT2D eigenvalue weighted by Gasteiger charge is 2.43. The van der Waals surface area contributed by atoms with Gasteiger partial charge < -0.3 is 15.7 Å². The maximum absolute atomic E-state index is 12.9. The Bertz CT molecular complexity index is 780. The van der Waals surface area contributed by atoms with Gasteiger partial charge in [0, 0.05) is 12.1 Å². The molecule has 0 aliphatic carbocycles. The highest BCUT2D eigenvalue weighted by Crippen LogP contribution is 2.33. The molecule has 0 bridgehead atoms. The van der Waals surface area contributed by atoms with E-state index in [0.717, 1.165) is 12.1 Å². The molecule has 3 rings (SSSR count). The second-order valence-corrected chi connectivity index (χ2v) is 6.34. The fourth-order valence-corrected chi connectivity index (χ4v) is 3.27. The molecule has 0 saturated carbocycles. The molecule has 2 aromatic carbocycles. The summed E-state index contributed by atoms with van der Waals surface area (Å²) in [5, 5.41) is 16.4. The van der Waals surface area contributed by atoms with Gasteiger partial charge in [-0.05, 0) is 36.7 Å². The zero-order chi connectivity index (χ0) is 18.8. The van der Waals surface area contributed by atoms with Crippen LogP contribution in [0.1, 0.15) is 27.9 Å². The normalized spacial score (nSPS) is 23.5. The van der Waals surface area contributed by atoms with Crippen LogP contribution in [-0.4, -0.2) is 30.2 Å². The molecule has 1 aliphatic rings. The lowest BCUT2D eigenvalue weighted by Gasteiger charge is -2.43. The fourth-order valence-electron chi connectivity index (χ4n) is 3.27. The number of β-amino-alcohol motifs (C(OH)–C–C–N with tert-alkyl or cyclic N) is 1. The second-order valence-electron chi connectivity index (χ2n) is 6.34. The number of benzene rings is 2. The largest absolute Gasteiger partial charge is 0.416 e. The summed E-state index contributed by atoms with van der Waals surface area (Å²) in [7, 11) is 0. The molecule has 7 heteroatoms. The highest BCUT2D eigenvalue weighted by molar-refractivity contribution is 5.95. The molecule has 4 nitrogen and oxygen atoms in total. The second kappa shape index (κ2) is 7.09. The van der Waals surface area contributed by atoms with Crippen molar-refractivity contribution < 1.29 is 23.1 Å². The van der Waals surface area contributed by atoms with E-state index >= 15 is 0 Å². The van der Waals surface area contributed by atoms with Crippen LogP contribution in [0, 0.1) is 0 Å². The highest BCUT2D eigenvalue weighted by atomic mass is 19.4. The standard InChI is InChI=1S/C19H19F3N2O2/c20-19(21,22)15-8-4-5-13(11-15)17(26)24-18(9-10-23-12-16(18)25)14-6-2-1-3-7-14/h1-8,11,16,23,25H,9-10,12H2,(H,24,26)/t16-,18+/m1/s1. The molecule has 2 atom stereocenters. The number of halogens is 3. The first kappa shape index (κ1) is 18.4. The van der Waals surface area contributed by atoms with Gasteiger partial charge in [-0.25, -0.2) is 0 Å². The van der Waals surface area contributed by atoms with Crippen LogP contribution in [0.4, 0.5) is 13.2 Å². The Balaban J connectivity index is 1.94. The first-order valence-corrected chi connectivity index (χ1v) is 8.27. The van der Waals surface area contributed by atoms with Crippen LogP contribution >= 0.6 is 0 Å². The van der Waals surface area contributed by atoms with Crippen molar-refractivity contribution in [1.29, 1.82) is 0 Å². The zero-order valence-corrected chi connectivity index (χ0v) is 13.9. The van der Waals surface area contributed by atoms with Crippen molar-refractivity contribution in [2.24, 2.45) is 0 Å². The number of nitrogens with one attached hydrogen (secondary N) is 2. The number of carbonyl (C=O) groups is 1. The van der Waals surface area contributed by atoms with E-state index in [1.165, 1.54) is 12.1 Å². The van der Waals surface area contributed by atoms with Gasteiger partial charge in [0.25, 0.3) is 5.91 Å². The Labute approximate surface area is 149 Å². The minimum atomic E-state index is -4.53. The van der Waals surface area contributed by atoms with Gasteiger partial charge in [-0.15, -0.1) is 0 Å². The van der Waals surface area contributed by atoms with Gasteiger partial charge in [0.1, 0.15) is 0 Å². The van der Waals surface area contributed by atoms with E-state index < -0.39 is 29.3 Å². The van der Waals surface area contributed by atoms with Crippen LogP contribution < -0.4 is 10.6 Å². The van der Waals surface area contributed by atoms with Crippen molar-refractivity contribution in [2.45, 2.75) is 24.2 Å². The van der Waals surface area contributed by atoms with E-state index in [1.54, 1.807) is 24.3 Å². The van der Waals surface area contributed by atoms with Gasteiger partial charge in [0.05, 0.1) is 17.2 Å². The molecule has 1 amide bonds. The molecule has 26 heavy (non-hydrogen) atoms. The number of alkyl halides is 3. The van der Waals surface area contributed by atoms with Crippen LogP contribution in [0.5, 0.6) is 0 Å². The van der Waals surface area contributed by atoms with Crippen molar-refractivity contribution in [3.8, 4) is 0 Å². The van der Waals surface area contributed by atoms with Crippen molar-refractivity contribution in [3.63, 3.8) is 0 Å². The molecule has 0 spiro atoms. The Hall–Kier alpha value is -2.38. The van der Waals surface area contributed by atoms with Gasteiger partial charge >= 0.3 is 6.18 Å². The Morgan fingerprint density at radius 3 is 2.54 bits per heavy atom. The molecule has 1 saturated heterocycles. The summed E-state index contributed by atoms with van der Waals surface area (Å²) >= 11 is 0. The number of amides is 1. The summed E-state index contributed by atoms with van der Waals surface area (Å²) in [4.78, 5) is 12.7. The molecule has 1 aliphatic heterocycles. The topological polar surface area (TPSA) is 61.4 Å².